The molecule has 0 fully saturated rings. The Morgan fingerprint density at radius 1 is 0.818 bits per heavy atom. The van der Waals surface area contributed by atoms with Gasteiger partial charge in [-0.2, -0.15) is 0 Å². The molecule has 172 valence electrons. The summed E-state index contributed by atoms with van der Waals surface area (Å²) in [7, 11) is 0. The topological polar surface area (TPSA) is 49.4 Å². The molecular formula is C29H34N2O2. The third kappa shape index (κ3) is 7.04. The van der Waals surface area contributed by atoms with Gasteiger partial charge in [-0.25, -0.2) is 0 Å². The first-order valence-electron chi connectivity index (χ1n) is 11.6. The standard InChI is InChI=1S/C29H34N2O2/c1-21(2)30-29(33)27(18-24-11-6-5-7-12-24)31(20-26-13-9-8-10-23(26)4)28(32)19-25-16-14-22(3)15-17-25/h5-17,21,27H,18-20H2,1-4H3,(H,30,33). The molecule has 33 heavy (non-hydrogen) atoms. The Kier molecular flexibility index (Phi) is 8.42. The van der Waals surface area contributed by atoms with Gasteiger partial charge in [-0.05, 0) is 49.9 Å². The maximum atomic E-state index is 13.7. The van der Waals surface area contributed by atoms with Gasteiger partial charge in [0.2, 0.25) is 11.8 Å². The Hall–Kier alpha value is -3.40. The lowest BCUT2D eigenvalue weighted by molar-refractivity contribution is -0.141. The summed E-state index contributed by atoms with van der Waals surface area (Å²) in [4.78, 5) is 28.8. The predicted molar refractivity (Wildman–Crippen MR) is 134 cm³/mol. The van der Waals surface area contributed by atoms with Crippen LogP contribution in [0.25, 0.3) is 0 Å². The number of carbonyl (C=O) groups excluding carboxylic acids is 2. The van der Waals surface area contributed by atoms with E-state index in [0.717, 1.165) is 27.8 Å². The molecule has 1 unspecified atom stereocenters. The normalized spacial score (nSPS) is 11.8. The predicted octanol–water partition coefficient (Wildman–Crippen LogP) is 5.01. The number of benzene rings is 3. The molecule has 0 saturated heterocycles. The summed E-state index contributed by atoms with van der Waals surface area (Å²) in [5.41, 5.74) is 5.28. The molecule has 0 spiro atoms. The van der Waals surface area contributed by atoms with E-state index in [1.807, 2.05) is 107 Å². The Bertz CT molecular complexity index is 1060. The van der Waals surface area contributed by atoms with E-state index in [-0.39, 0.29) is 24.3 Å². The van der Waals surface area contributed by atoms with E-state index in [2.05, 4.69) is 5.32 Å². The van der Waals surface area contributed by atoms with E-state index in [1.165, 1.54) is 0 Å². The molecule has 0 aliphatic rings. The summed E-state index contributed by atoms with van der Waals surface area (Å²) < 4.78 is 0. The first kappa shape index (κ1) is 24.2. The fourth-order valence-corrected chi connectivity index (χ4v) is 3.89. The lowest BCUT2D eigenvalue weighted by Gasteiger charge is -2.32. The van der Waals surface area contributed by atoms with Gasteiger partial charge in [0.15, 0.2) is 0 Å². The van der Waals surface area contributed by atoms with E-state index in [1.54, 1.807) is 4.90 Å². The zero-order chi connectivity index (χ0) is 23.8. The van der Waals surface area contributed by atoms with E-state index < -0.39 is 6.04 Å². The summed E-state index contributed by atoms with van der Waals surface area (Å²) in [5, 5.41) is 3.04. The quantitative estimate of drug-likeness (QED) is 0.506. The van der Waals surface area contributed by atoms with Gasteiger partial charge in [-0.15, -0.1) is 0 Å². The Balaban J connectivity index is 1.97. The van der Waals surface area contributed by atoms with Gasteiger partial charge < -0.3 is 10.2 Å². The van der Waals surface area contributed by atoms with Crippen LogP contribution in [-0.2, 0) is 29.0 Å². The fourth-order valence-electron chi connectivity index (χ4n) is 3.89. The number of hydrogen-bond acceptors (Lipinski definition) is 2. The monoisotopic (exact) mass is 442 g/mol. The molecule has 1 atom stereocenters. The number of rotatable bonds is 9. The largest absolute Gasteiger partial charge is 0.352 e. The molecule has 0 aliphatic heterocycles. The molecule has 0 bridgehead atoms. The second-order valence-corrected chi connectivity index (χ2v) is 8.98. The van der Waals surface area contributed by atoms with Gasteiger partial charge in [0.1, 0.15) is 6.04 Å². The van der Waals surface area contributed by atoms with Crippen LogP contribution in [0.1, 0.15) is 41.7 Å². The third-order valence-electron chi connectivity index (χ3n) is 5.78. The zero-order valence-corrected chi connectivity index (χ0v) is 20.0. The van der Waals surface area contributed by atoms with Crippen molar-refractivity contribution in [3.63, 3.8) is 0 Å². The molecule has 3 aromatic rings. The van der Waals surface area contributed by atoms with Crippen molar-refractivity contribution in [2.24, 2.45) is 0 Å². The van der Waals surface area contributed by atoms with Crippen LogP contribution in [0.5, 0.6) is 0 Å². The summed E-state index contributed by atoms with van der Waals surface area (Å²) >= 11 is 0. The van der Waals surface area contributed by atoms with Crippen LogP contribution in [0.4, 0.5) is 0 Å². The van der Waals surface area contributed by atoms with E-state index in [9.17, 15) is 9.59 Å². The van der Waals surface area contributed by atoms with Crippen molar-refractivity contribution >= 4 is 11.8 Å². The van der Waals surface area contributed by atoms with Gasteiger partial charge in [0, 0.05) is 19.0 Å². The van der Waals surface area contributed by atoms with E-state index in [4.69, 9.17) is 0 Å². The molecule has 0 aliphatic carbocycles. The average molecular weight is 443 g/mol. The number of amides is 2. The summed E-state index contributed by atoms with van der Waals surface area (Å²) in [6.07, 6.45) is 0.720. The summed E-state index contributed by atoms with van der Waals surface area (Å²) in [5.74, 6) is -0.179. The number of nitrogens with zero attached hydrogens (tertiary/aromatic N) is 1. The van der Waals surface area contributed by atoms with Crippen LogP contribution in [0.3, 0.4) is 0 Å². The molecule has 0 radical (unpaired) electrons. The van der Waals surface area contributed by atoms with Gasteiger partial charge >= 0.3 is 0 Å². The molecule has 1 N–H and O–H groups in total. The highest BCUT2D eigenvalue weighted by Gasteiger charge is 2.31. The highest BCUT2D eigenvalue weighted by atomic mass is 16.2. The van der Waals surface area contributed by atoms with Crippen molar-refractivity contribution in [1.82, 2.24) is 10.2 Å². The van der Waals surface area contributed by atoms with Crippen LogP contribution in [0.2, 0.25) is 0 Å². The van der Waals surface area contributed by atoms with Crippen molar-refractivity contribution in [3.05, 3.63) is 107 Å². The van der Waals surface area contributed by atoms with Crippen LogP contribution < -0.4 is 5.32 Å². The SMILES string of the molecule is Cc1ccc(CC(=O)N(Cc2ccccc2C)C(Cc2ccccc2)C(=O)NC(C)C)cc1. The number of carbonyl (C=O) groups is 2. The van der Waals surface area contributed by atoms with Gasteiger partial charge in [-0.1, -0.05) is 84.4 Å². The number of aryl methyl sites for hydroxylation is 2. The Morgan fingerprint density at radius 2 is 1.45 bits per heavy atom. The van der Waals surface area contributed by atoms with Crippen molar-refractivity contribution < 1.29 is 9.59 Å². The smallest absolute Gasteiger partial charge is 0.243 e. The lowest BCUT2D eigenvalue weighted by atomic mass is 10.00. The molecule has 0 saturated carbocycles. The summed E-state index contributed by atoms with van der Waals surface area (Å²) in [6, 6.07) is 25.3. The minimum atomic E-state index is -0.604. The molecule has 3 rings (SSSR count). The first-order chi connectivity index (χ1) is 15.8. The van der Waals surface area contributed by atoms with Gasteiger partial charge in [0.05, 0.1) is 6.42 Å². The molecule has 0 heterocycles. The van der Waals surface area contributed by atoms with Gasteiger partial charge in [0.25, 0.3) is 0 Å². The second kappa shape index (κ2) is 11.5. The van der Waals surface area contributed by atoms with E-state index in [0.29, 0.717) is 13.0 Å². The number of nitrogens with one attached hydrogen (secondary N) is 1. The van der Waals surface area contributed by atoms with Crippen LogP contribution in [0.15, 0.2) is 78.9 Å². The molecule has 3 aromatic carbocycles. The molecule has 4 heteroatoms. The lowest BCUT2D eigenvalue weighted by Crippen LogP contribution is -2.52. The fraction of sp³-hybridized carbons (Fsp3) is 0.310. The molecular weight excluding hydrogens is 408 g/mol. The first-order valence-corrected chi connectivity index (χ1v) is 11.6. The maximum Gasteiger partial charge on any atom is 0.243 e. The molecule has 4 nitrogen and oxygen atoms in total. The Labute approximate surface area is 197 Å². The van der Waals surface area contributed by atoms with Crippen LogP contribution in [-0.4, -0.2) is 28.8 Å². The van der Waals surface area contributed by atoms with Crippen LogP contribution >= 0.6 is 0 Å². The zero-order valence-electron chi connectivity index (χ0n) is 20.0. The molecule has 0 aromatic heterocycles. The van der Waals surface area contributed by atoms with Crippen molar-refractivity contribution in [2.45, 2.75) is 59.2 Å². The maximum absolute atomic E-state index is 13.7. The second-order valence-electron chi connectivity index (χ2n) is 8.98. The van der Waals surface area contributed by atoms with Gasteiger partial charge in [-0.3, -0.25) is 9.59 Å². The molecule has 2 amide bonds. The minimum absolute atomic E-state index is 0.0108. The van der Waals surface area contributed by atoms with Crippen molar-refractivity contribution in [1.29, 1.82) is 0 Å². The highest BCUT2D eigenvalue weighted by Crippen LogP contribution is 2.19. The highest BCUT2D eigenvalue weighted by molar-refractivity contribution is 5.89. The third-order valence-corrected chi connectivity index (χ3v) is 5.78. The van der Waals surface area contributed by atoms with Crippen molar-refractivity contribution in [3.8, 4) is 0 Å². The van der Waals surface area contributed by atoms with Crippen molar-refractivity contribution in [2.75, 3.05) is 0 Å². The Morgan fingerprint density at radius 3 is 2.09 bits per heavy atom. The number of hydrogen-bond donors (Lipinski definition) is 1. The van der Waals surface area contributed by atoms with E-state index >= 15 is 0 Å². The van der Waals surface area contributed by atoms with Crippen LogP contribution in [0, 0.1) is 13.8 Å². The summed E-state index contributed by atoms with van der Waals surface area (Å²) in [6.45, 7) is 8.34. The minimum Gasteiger partial charge on any atom is -0.352 e. The average Bonchev–Trinajstić information content (AvgIpc) is 2.79.